The lowest BCUT2D eigenvalue weighted by Gasteiger charge is -2.47. The summed E-state index contributed by atoms with van der Waals surface area (Å²) in [7, 11) is 0. The molecule has 372 valence electrons. The standard InChI is InChI=1S/C51H71N11O7/c1-32(63)57-39(28-33-14-4-2-5-15-33)44(64)58-38-20-10-25-54-48(68)43(51(22-12-23-51)24-13-26-55-50(52)53)61-46(66)41(30-35-31-56-37-19-9-8-18-36(35)37)59-45(65)40(29-34-16-6-3-7-17-34)60-47(67)42-21-11-27-62(42)49(38)69/h2,4-5,8-9,14-15,18-19,31,34,38-43,56H,3,6-7,10-13,16-17,20-30H2,1H3,(H,54,68)(H,57,63)(H,58,64)(H,59,65)(H,60,67)(H,61,66)(H4,52,53,55)/t38-,39-,40+,41-,42-,43+/m0/s1. The molecule has 0 spiro atoms. The summed E-state index contributed by atoms with van der Waals surface area (Å²) in [6.07, 6.45) is 11.7. The Morgan fingerprint density at radius 2 is 1.54 bits per heavy atom. The number of guanidine groups is 1. The third-order valence-corrected chi connectivity index (χ3v) is 14.7. The summed E-state index contributed by atoms with van der Waals surface area (Å²) in [5, 5.41) is 18.8. The van der Waals surface area contributed by atoms with Crippen molar-refractivity contribution in [2.45, 2.75) is 152 Å². The molecule has 69 heavy (non-hydrogen) atoms. The monoisotopic (exact) mass is 950 g/mol. The summed E-state index contributed by atoms with van der Waals surface area (Å²) in [4.78, 5) is 109. The van der Waals surface area contributed by atoms with Gasteiger partial charge in [-0.1, -0.05) is 87.1 Å². The van der Waals surface area contributed by atoms with Crippen molar-refractivity contribution in [2.75, 3.05) is 19.6 Å². The Balaban J connectivity index is 1.22. The summed E-state index contributed by atoms with van der Waals surface area (Å²) in [5.74, 6) is -3.31. The molecule has 2 aliphatic carbocycles. The molecule has 2 saturated heterocycles. The molecule has 2 saturated carbocycles. The number of amides is 7. The number of nitrogens with zero attached hydrogens (tertiary/aromatic N) is 2. The molecule has 11 N–H and O–H groups in total. The van der Waals surface area contributed by atoms with Crippen LogP contribution in [-0.4, -0.2) is 113 Å². The zero-order valence-electron chi connectivity index (χ0n) is 39.9. The highest BCUT2D eigenvalue weighted by Gasteiger charge is 2.49. The Labute approximate surface area is 404 Å². The van der Waals surface area contributed by atoms with Crippen LogP contribution in [0.3, 0.4) is 0 Å². The minimum Gasteiger partial charge on any atom is -0.370 e. The van der Waals surface area contributed by atoms with E-state index in [2.05, 4.69) is 41.9 Å². The average molecular weight is 950 g/mol. The first-order valence-electron chi connectivity index (χ1n) is 25.0. The maximum Gasteiger partial charge on any atom is 0.245 e. The Morgan fingerprint density at radius 3 is 2.26 bits per heavy atom. The minimum absolute atomic E-state index is 0.0381. The van der Waals surface area contributed by atoms with Crippen molar-refractivity contribution >= 4 is 58.2 Å². The third-order valence-electron chi connectivity index (χ3n) is 14.7. The lowest BCUT2D eigenvalue weighted by Crippen LogP contribution is -2.63. The third kappa shape index (κ3) is 13.2. The van der Waals surface area contributed by atoms with E-state index in [1.165, 1.54) is 11.8 Å². The molecular formula is C51H71N11O7. The van der Waals surface area contributed by atoms with Gasteiger partial charge in [0.2, 0.25) is 41.4 Å². The number of rotatable bonds is 14. The predicted molar refractivity (Wildman–Crippen MR) is 262 cm³/mol. The zero-order chi connectivity index (χ0) is 48.9. The number of nitrogens with one attached hydrogen (secondary N) is 7. The Hall–Kier alpha value is -6.46. The van der Waals surface area contributed by atoms with E-state index >= 15 is 0 Å². The molecule has 2 aliphatic heterocycles. The van der Waals surface area contributed by atoms with Crippen LogP contribution in [0.2, 0.25) is 0 Å². The summed E-state index contributed by atoms with van der Waals surface area (Å²) in [6.45, 7) is 2.00. The van der Waals surface area contributed by atoms with Crippen molar-refractivity contribution in [1.82, 2.24) is 41.8 Å². The fraction of sp³-hybridized carbons (Fsp3) is 0.569. The number of aromatic amines is 1. The number of hydrogen-bond acceptors (Lipinski definition) is 8. The van der Waals surface area contributed by atoms with E-state index < -0.39 is 83.0 Å². The number of aromatic nitrogens is 1. The van der Waals surface area contributed by atoms with Gasteiger partial charge in [-0.05, 0) is 86.3 Å². The van der Waals surface area contributed by atoms with Crippen LogP contribution in [-0.2, 0) is 46.4 Å². The summed E-state index contributed by atoms with van der Waals surface area (Å²) < 4.78 is 0. The van der Waals surface area contributed by atoms with Crippen LogP contribution >= 0.6 is 0 Å². The molecule has 3 heterocycles. The quantitative estimate of drug-likeness (QED) is 0.0652. The lowest BCUT2D eigenvalue weighted by atomic mass is 9.61. The SMILES string of the molecule is CC(=O)N[C@@H](Cc1ccccc1)C(=O)N[C@H]1CCCNC(=O)[C@H](C2(CCCN=C(N)N)CCC2)NC(=O)[C@H](Cc2c[nH]c3ccccc23)NC(=O)[C@@H](CC2CCCCC2)NC(=O)[C@@H]2CCCN2C1=O. The average Bonchev–Trinajstić information content (AvgIpc) is 3.99. The van der Waals surface area contributed by atoms with Crippen molar-refractivity contribution in [3.63, 3.8) is 0 Å². The van der Waals surface area contributed by atoms with Crippen molar-refractivity contribution in [2.24, 2.45) is 27.8 Å². The number of para-hydroxylation sites is 1. The minimum atomic E-state index is -1.13. The maximum atomic E-state index is 14.9. The molecule has 0 unspecified atom stereocenters. The van der Waals surface area contributed by atoms with Crippen molar-refractivity contribution in [3.05, 3.63) is 71.9 Å². The molecule has 1 aromatic heterocycles. The second kappa shape index (κ2) is 23.7. The van der Waals surface area contributed by atoms with Crippen LogP contribution in [0.4, 0.5) is 0 Å². The molecule has 3 aromatic rings. The first-order valence-corrected chi connectivity index (χ1v) is 25.0. The van der Waals surface area contributed by atoms with E-state index in [-0.39, 0.29) is 50.7 Å². The molecule has 0 radical (unpaired) electrons. The highest BCUT2D eigenvalue weighted by atomic mass is 16.2. The number of benzene rings is 2. The van der Waals surface area contributed by atoms with Crippen LogP contribution in [0.5, 0.6) is 0 Å². The highest BCUT2D eigenvalue weighted by molar-refractivity contribution is 5.98. The van der Waals surface area contributed by atoms with Crippen LogP contribution < -0.4 is 43.4 Å². The van der Waals surface area contributed by atoms with Crippen LogP contribution in [0, 0.1) is 11.3 Å². The molecule has 2 aromatic carbocycles. The number of hydrogen-bond donors (Lipinski definition) is 9. The molecular weight excluding hydrogens is 879 g/mol. The van der Waals surface area contributed by atoms with Crippen molar-refractivity contribution in [3.8, 4) is 0 Å². The molecule has 18 nitrogen and oxygen atoms in total. The number of fused-ring (bicyclic) bond motifs is 2. The number of H-pyrrole nitrogens is 1. The predicted octanol–water partition coefficient (Wildman–Crippen LogP) is 2.49. The second-order valence-corrected chi connectivity index (χ2v) is 19.6. The largest absolute Gasteiger partial charge is 0.370 e. The van der Waals surface area contributed by atoms with Crippen LogP contribution in [0.15, 0.2) is 65.8 Å². The fourth-order valence-electron chi connectivity index (χ4n) is 10.9. The van der Waals surface area contributed by atoms with Gasteiger partial charge in [0.05, 0.1) is 0 Å². The highest BCUT2D eigenvalue weighted by Crippen LogP contribution is 2.48. The molecule has 6 atom stereocenters. The number of nitrogens with two attached hydrogens (primary N) is 2. The van der Waals surface area contributed by atoms with Gasteiger partial charge in [0, 0.05) is 56.5 Å². The Morgan fingerprint density at radius 1 is 0.812 bits per heavy atom. The molecule has 0 bridgehead atoms. The molecule has 7 amide bonds. The van der Waals surface area contributed by atoms with E-state index in [1.54, 1.807) is 0 Å². The van der Waals surface area contributed by atoms with Crippen LogP contribution in [0.1, 0.15) is 114 Å². The Bertz CT molecular complexity index is 2320. The van der Waals surface area contributed by atoms with Gasteiger partial charge >= 0.3 is 0 Å². The van der Waals surface area contributed by atoms with Gasteiger partial charge in [0.15, 0.2) is 5.96 Å². The van der Waals surface area contributed by atoms with Gasteiger partial charge < -0.3 is 53.3 Å². The van der Waals surface area contributed by atoms with Gasteiger partial charge in [-0.15, -0.1) is 0 Å². The van der Waals surface area contributed by atoms with E-state index in [9.17, 15) is 33.6 Å². The van der Waals surface area contributed by atoms with E-state index in [1.807, 2.05) is 60.8 Å². The summed E-state index contributed by atoms with van der Waals surface area (Å²) in [6, 6.07) is 10.7. The Kier molecular flexibility index (Phi) is 17.3. The van der Waals surface area contributed by atoms with E-state index in [0.29, 0.717) is 51.5 Å². The number of carbonyl (C=O) groups is 7. The normalized spacial score (nSPS) is 24.5. The van der Waals surface area contributed by atoms with E-state index in [0.717, 1.165) is 60.6 Å². The first-order chi connectivity index (χ1) is 33.3. The topological polar surface area (TPSA) is 275 Å². The van der Waals surface area contributed by atoms with Gasteiger partial charge in [-0.2, -0.15) is 0 Å². The number of carbonyl (C=O) groups excluding carboxylic acids is 7. The van der Waals surface area contributed by atoms with Crippen molar-refractivity contribution < 1.29 is 33.6 Å². The smallest absolute Gasteiger partial charge is 0.245 e. The first kappa shape index (κ1) is 50.4. The van der Waals surface area contributed by atoms with Gasteiger partial charge in [0.25, 0.3) is 0 Å². The second-order valence-electron chi connectivity index (χ2n) is 19.6. The van der Waals surface area contributed by atoms with E-state index in [4.69, 9.17) is 11.5 Å². The molecule has 4 aliphatic rings. The molecule has 18 heteroatoms. The maximum absolute atomic E-state index is 14.9. The zero-order valence-corrected chi connectivity index (χ0v) is 39.9. The van der Waals surface area contributed by atoms with Gasteiger partial charge in [0.1, 0.15) is 36.3 Å². The lowest BCUT2D eigenvalue weighted by molar-refractivity contribution is -0.143. The fourth-order valence-corrected chi connectivity index (χ4v) is 10.9. The molecule has 4 fully saturated rings. The summed E-state index contributed by atoms with van der Waals surface area (Å²) >= 11 is 0. The van der Waals surface area contributed by atoms with Crippen molar-refractivity contribution in [1.29, 1.82) is 0 Å². The molecule has 7 rings (SSSR count). The van der Waals surface area contributed by atoms with Crippen LogP contribution in [0.25, 0.3) is 10.9 Å². The number of aliphatic imine (C=N–C) groups is 1. The summed E-state index contributed by atoms with van der Waals surface area (Å²) in [5.41, 5.74) is 13.1. The van der Waals surface area contributed by atoms with Gasteiger partial charge in [-0.25, -0.2) is 0 Å². The van der Waals surface area contributed by atoms with Gasteiger partial charge in [-0.3, -0.25) is 38.6 Å².